The van der Waals surface area contributed by atoms with E-state index in [9.17, 15) is 4.79 Å². The predicted molar refractivity (Wildman–Crippen MR) is 79.6 cm³/mol. The lowest BCUT2D eigenvalue weighted by Crippen LogP contribution is -2.26. The van der Waals surface area contributed by atoms with Crippen LogP contribution >= 0.6 is 0 Å². The highest BCUT2D eigenvalue weighted by atomic mass is 16.5. The first kappa shape index (κ1) is 14.9. The molecule has 20 heavy (non-hydrogen) atoms. The molecule has 110 valence electrons. The van der Waals surface area contributed by atoms with Crippen LogP contribution in [-0.2, 0) is 0 Å². The fourth-order valence-corrected chi connectivity index (χ4v) is 2.96. The summed E-state index contributed by atoms with van der Waals surface area (Å²) in [5, 5.41) is 0. The van der Waals surface area contributed by atoms with Crippen LogP contribution in [0.15, 0.2) is 18.2 Å². The Labute approximate surface area is 121 Å². The maximum atomic E-state index is 12.8. The zero-order valence-electron chi connectivity index (χ0n) is 12.9. The highest BCUT2D eigenvalue weighted by molar-refractivity contribution is 6.02. The minimum absolute atomic E-state index is 0.0909. The molecule has 0 bridgehead atoms. The van der Waals surface area contributed by atoms with Crippen molar-refractivity contribution in [2.24, 2.45) is 11.3 Å². The fourth-order valence-electron chi connectivity index (χ4n) is 2.96. The van der Waals surface area contributed by atoms with Crippen molar-refractivity contribution < 1.29 is 14.3 Å². The average Bonchev–Trinajstić information content (AvgIpc) is 2.45. The van der Waals surface area contributed by atoms with Crippen molar-refractivity contribution in [3.8, 4) is 11.5 Å². The second-order valence-corrected chi connectivity index (χ2v) is 6.34. The number of ketones is 1. The van der Waals surface area contributed by atoms with Crippen LogP contribution in [0.5, 0.6) is 11.5 Å². The Morgan fingerprint density at radius 2 is 1.60 bits per heavy atom. The van der Waals surface area contributed by atoms with Crippen molar-refractivity contribution in [1.82, 2.24) is 0 Å². The van der Waals surface area contributed by atoms with Crippen molar-refractivity contribution in [2.75, 3.05) is 14.2 Å². The van der Waals surface area contributed by atoms with Crippen LogP contribution in [0.4, 0.5) is 0 Å². The second kappa shape index (κ2) is 5.86. The van der Waals surface area contributed by atoms with Gasteiger partial charge in [0.25, 0.3) is 0 Å². The Hall–Kier alpha value is -1.51. The van der Waals surface area contributed by atoms with Crippen molar-refractivity contribution in [3.63, 3.8) is 0 Å². The molecule has 0 aliphatic heterocycles. The number of methoxy groups -OCH3 is 2. The van der Waals surface area contributed by atoms with Crippen LogP contribution in [0, 0.1) is 11.3 Å². The van der Waals surface area contributed by atoms with E-state index in [0.29, 0.717) is 22.5 Å². The van der Waals surface area contributed by atoms with E-state index in [4.69, 9.17) is 9.47 Å². The van der Waals surface area contributed by atoms with E-state index in [1.165, 1.54) is 0 Å². The molecule has 0 saturated heterocycles. The largest absolute Gasteiger partial charge is 0.496 e. The quantitative estimate of drug-likeness (QED) is 0.777. The minimum Gasteiger partial charge on any atom is -0.496 e. The van der Waals surface area contributed by atoms with Crippen molar-refractivity contribution in [1.29, 1.82) is 0 Å². The van der Waals surface area contributed by atoms with E-state index >= 15 is 0 Å². The number of hydrogen-bond acceptors (Lipinski definition) is 3. The van der Waals surface area contributed by atoms with Crippen LogP contribution in [0.2, 0.25) is 0 Å². The van der Waals surface area contributed by atoms with Gasteiger partial charge in [-0.1, -0.05) is 19.9 Å². The maximum absolute atomic E-state index is 12.8. The molecule has 0 aromatic heterocycles. The molecule has 1 aromatic rings. The van der Waals surface area contributed by atoms with Crippen molar-refractivity contribution in [3.05, 3.63) is 23.8 Å². The second-order valence-electron chi connectivity index (χ2n) is 6.34. The molecule has 1 aromatic carbocycles. The minimum atomic E-state index is 0.0909. The Bertz CT molecular complexity index is 459. The Morgan fingerprint density at radius 3 is 2.05 bits per heavy atom. The van der Waals surface area contributed by atoms with Crippen LogP contribution in [0.1, 0.15) is 49.9 Å². The number of benzene rings is 1. The van der Waals surface area contributed by atoms with Crippen LogP contribution in [0.25, 0.3) is 0 Å². The van der Waals surface area contributed by atoms with Gasteiger partial charge in [0.05, 0.1) is 14.2 Å². The molecule has 1 saturated carbocycles. The zero-order chi connectivity index (χ0) is 14.8. The molecule has 0 atom stereocenters. The first-order valence-electron chi connectivity index (χ1n) is 7.24. The van der Waals surface area contributed by atoms with Crippen LogP contribution in [0.3, 0.4) is 0 Å². The third-order valence-electron chi connectivity index (χ3n) is 4.38. The van der Waals surface area contributed by atoms with Gasteiger partial charge in [-0.15, -0.1) is 0 Å². The molecule has 0 N–H and O–H groups in total. The number of rotatable bonds is 4. The van der Waals surface area contributed by atoms with Gasteiger partial charge in [0.2, 0.25) is 0 Å². The van der Waals surface area contributed by atoms with E-state index in [1.807, 2.05) is 18.2 Å². The van der Waals surface area contributed by atoms with Gasteiger partial charge in [-0.05, 0) is 43.2 Å². The highest BCUT2D eigenvalue weighted by Crippen LogP contribution is 2.41. The van der Waals surface area contributed by atoms with Crippen LogP contribution in [-0.4, -0.2) is 20.0 Å². The molecule has 0 amide bonds. The van der Waals surface area contributed by atoms with Gasteiger partial charge in [-0.25, -0.2) is 0 Å². The van der Waals surface area contributed by atoms with Gasteiger partial charge in [-0.3, -0.25) is 4.79 Å². The predicted octanol–water partition coefficient (Wildman–Crippen LogP) is 4.10. The number of ether oxygens (including phenoxy) is 2. The normalized spacial score (nSPS) is 18.6. The maximum Gasteiger partial charge on any atom is 0.173 e. The summed E-state index contributed by atoms with van der Waals surface area (Å²) < 4.78 is 10.7. The molecule has 0 spiro atoms. The van der Waals surface area contributed by atoms with Gasteiger partial charge in [0.1, 0.15) is 17.1 Å². The number of Topliss-reactive ketones (excluding diaryl/α,β-unsaturated/α-hetero) is 1. The van der Waals surface area contributed by atoms with Gasteiger partial charge in [0.15, 0.2) is 5.78 Å². The number of carbonyl (C=O) groups is 1. The van der Waals surface area contributed by atoms with Gasteiger partial charge in [-0.2, -0.15) is 0 Å². The van der Waals surface area contributed by atoms with Gasteiger partial charge in [0, 0.05) is 5.92 Å². The summed E-state index contributed by atoms with van der Waals surface area (Å²) >= 11 is 0. The zero-order valence-corrected chi connectivity index (χ0v) is 12.9. The SMILES string of the molecule is COc1cccc(OC)c1C(=O)C1CCC(C)(C)CC1. The van der Waals surface area contributed by atoms with Gasteiger partial charge < -0.3 is 9.47 Å². The Morgan fingerprint density at radius 1 is 1.10 bits per heavy atom. The summed E-state index contributed by atoms with van der Waals surface area (Å²) in [5.41, 5.74) is 0.962. The Balaban J connectivity index is 2.25. The van der Waals surface area contributed by atoms with Crippen molar-refractivity contribution >= 4 is 5.78 Å². The highest BCUT2D eigenvalue weighted by Gasteiger charge is 2.33. The fraction of sp³-hybridized carbons (Fsp3) is 0.588. The van der Waals surface area contributed by atoms with Crippen molar-refractivity contribution in [2.45, 2.75) is 39.5 Å². The van der Waals surface area contributed by atoms with Gasteiger partial charge >= 0.3 is 0 Å². The molecule has 1 aliphatic carbocycles. The number of hydrogen-bond donors (Lipinski definition) is 0. The third kappa shape index (κ3) is 2.97. The standard InChI is InChI=1S/C17H24O3/c1-17(2)10-8-12(9-11-17)16(18)15-13(19-3)6-5-7-14(15)20-4/h5-7,12H,8-11H2,1-4H3. The summed E-state index contributed by atoms with van der Waals surface area (Å²) in [4.78, 5) is 12.8. The molecule has 0 heterocycles. The molecule has 2 rings (SSSR count). The molecule has 3 heteroatoms. The van der Waals surface area contributed by atoms with E-state index < -0.39 is 0 Å². The summed E-state index contributed by atoms with van der Waals surface area (Å²) in [5.74, 6) is 1.47. The Kier molecular flexibility index (Phi) is 4.36. The molecule has 1 fully saturated rings. The molecule has 0 unspecified atom stereocenters. The van der Waals surface area contributed by atoms with E-state index in [2.05, 4.69) is 13.8 Å². The molecular weight excluding hydrogens is 252 g/mol. The third-order valence-corrected chi connectivity index (χ3v) is 4.38. The molecule has 0 radical (unpaired) electrons. The lowest BCUT2D eigenvalue weighted by atomic mass is 9.71. The summed E-state index contributed by atoms with van der Waals surface area (Å²) in [6, 6.07) is 5.49. The van der Waals surface area contributed by atoms with E-state index in [-0.39, 0.29) is 11.7 Å². The van der Waals surface area contributed by atoms with E-state index in [0.717, 1.165) is 25.7 Å². The van der Waals surface area contributed by atoms with Crippen LogP contribution < -0.4 is 9.47 Å². The first-order chi connectivity index (χ1) is 9.48. The molecule has 3 nitrogen and oxygen atoms in total. The summed E-state index contributed by atoms with van der Waals surface area (Å²) in [6.45, 7) is 4.55. The molecule has 1 aliphatic rings. The first-order valence-corrected chi connectivity index (χ1v) is 7.24. The molecular formula is C17H24O3. The summed E-state index contributed by atoms with van der Waals surface area (Å²) in [7, 11) is 3.19. The monoisotopic (exact) mass is 276 g/mol. The average molecular weight is 276 g/mol. The lowest BCUT2D eigenvalue weighted by Gasteiger charge is -2.33. The summed E-state index contributed by atoms with van der Waals surface area (Å²) in [6.07, 6.45) is 4.10. The lowest BCUT2D eigenvalue weighted by molar-refractivity contribution is 0.0831. The number of carbonyl (C=O) groups excluding carboxylic acids is 1. The van der Waals surface area contributed by atoms with E-state index in [1.54, 1.807) is 14.2 Å². The smallest absolute Gasteiger partial charge is 0.173 e. The topological polar surface area (TPSA) is 35.5 Å².